The zero-order valence-corrected chi connectivity index (χ0v) is 10.9. The monoisotopic (exact) mass is 300 g/mol. The van der Waals surface area contributed by atoms with Crippen LogP contribution in [0.25, 0.3) is 0 Å². The average molecular weight is 300 g/mol. The highest BCUT2D eigenvalue weighted by molar-refractivity contribution is 5.51. The predicted octanol–water partition coefficient (Wildman–Crippen LogP) is -1.19. The number of nitrogens with one attached hydrogen (secondary N) is 1. The van der Waals surface area contributed by atoms with E-state index in [1.807, 2.05) is 0 Å². The number of ether oxygens (including phenoxy) is 1. The molecule has 0 radical (unpaired) electrons. The highest BCUT2D eigenvalue weighted by atomic mass is 16.6. The maximum absolute atomic E-state index is 10.7. The molecule has 0 aromatic heterocycles. The average Bonchev–Trinajstić information content (AvgIpc) is 2.75. The second kappa shape index (κ2) is 6.33. The Labute approximate surface area is 119 Å². The van der Waals surface area contributed by atoms with Crippen molar-refractivity contribution in [2.75, 3.05) is 11.9 Å². The molecule has 9 nitrogen and oxygen atoms in total. The van der Waals surface area contributed by atoms with E-state index in [2.05, 4.69) is 5.32 Å². The van der Waals surface area contributed by atoms with Crippen LogP contribution in [-0.4, -0.2) is 62.6 Å². The third kappa shape index (κ3) is 3.28. The molecule has 0 spiro atoms. The Morgan fingerprint density at radius 3 is 2.71 bits per heavy atom. The van der Waals surface area contributed by atoms with Gasteiger partial charge in [-0.15, -0.1) is 0 Å². The smallest absolute Gasteiger partial charge is 0.271 e. The molecule has 1 aliphatic heterocycles. The van der Waals surface area contributed by atoms with Crippen molar-refractivity contribution in [3.63, 3.8) is 0 Å². The fourth-order valence-corrected chi connectivity index (χ4v) is 2.12. The lowest BCUT2D eigenvalue weighted by molar-refractivity contribution is -0.384. The Morgan fingerprint density at radius 2 is 2.10 bits per heavy atom. The number of anilines is 1. The Balaban J connectivity index is 2.09. The van der Waals surface area contributed by atoms with Gasteiger partial charge in [-0.25, -0.2) is 0 Å². The number of non-ortho nitro benzene ring substituents is 1. The first kappa shape index (κ1) is 15.6. The van der Waals surface area contributed by atoms with Crippen LogP contribution in [0.3, 0.4) is 0 Å². The van der Waals surface area contributed by atoms with Crippen molar-refractivity contribution in [2.24, 2.45) is 0 Å². The molecule has 1 aromatic carbocycles. The van der Waals surface area contributed by atoms with Gasteiger partial charge >= 0.3 is 0 Å². The van der Waals surface area contributed by atoms with Crippen molar-refractivity contribution < 1.29 is 30.1 Å². The number of aliphatic hydroxyl groups is 4. The van der Waals surface area contributed by atoms with E-state index in [0.29, 0.717) is 5.69 Å². The standard InChI is InChI=1S/C12H16N2O7/c15-5-8(16)11-9(17)10(18)12(21-11)13-6-2-1-3-7(4-6)14(19)20/h1-4,8-13,15-18H,5H2/t8-,9+,10-,11+,12-/m1/s1. The molecule has 5 atom stereocenters. The summed E-state index contributed by atoms with van der Waals surface area (Å²) in [5.74, 6) is 0. The van der Waals surface area contributed by atoms with E-state index in [9.17, 15) is 25.4 Å². The van der Waals surface area contributed by atoms with Crippen LogP contribution in [0.5, 0.6) is 0 Å². The van der Waals surface area contributed by atoms with Gasteiger partial charge in [0.05, 0.1) is 11.5 Å². The molecule has 0 bridgehead atoms. The number of nitro benzene ring substituents is 1. The molecule has 1 aromatic rings. The molecule has 0 amide bonds. The molecule has 21 heavy (non-hydrogen) atoms. The fourth-order valence-electron chi connectivity index (χ4n) is 2.12. The summed E-state index contributed by atoms with van der Waals surface area (Å²) in [6.45, 7) is -0.627. The molecule has 9 heteroatoms. The number of nitro groups is 1. The highest BCUT2D eigenvalue weighted by Crippen LogP contribution is 2.26. The van der Waals surface area contributed by atoms with E-state index < -0.39 is 42.2 Å². The van der Waals surface area contributed by atoms with Gasteiger partial charge in [0.2, 0.25) is 0 Å². The SMILES string of the molecule is O=[N+]([O-])c1cccc(N[C@@H]2O[C@@H]([C@H](O)CO)[C@@H](O)[C@H]2O)c1. The van der Waals surface area contributed by atoms with E-state index in [1.165, 1.54) is 24.3 Å². The van der Waals surface area contributed by atoms with Crippen LogP contribution in [0, 0.1) is 10.1 Å². The summed E-state index contributed by atoms with van der Waals surface area (Å²) in [7, 11) is 0. The van der Waals surface area contributed by atoms with Crippen LogP contribution < -0.4 is 5.32 Å². The minimum absolute atomic E-state index is 0.139. The van der Waals surface area contributed by atoms with Crippen molar-refractivity contribution in [1.82, 2.24) is 0 Å². The zero-order valence-electron chi connectivity index (χ0n) is 10.9. The number of nitrogens with zero attached hydrogens (tertiary/aromatic N) is 1. The van der Waals surface area contributed by atoms with E-state index in [-0.39, 0.29) is 5.69 Å². The Bertz CT molecular complexity index is 512. The van der Waals surface area contributed by atoms with Crippen molar-refractivity contribution in [3.8, 4) is 0 Å². The number of hydrogen-bond donors (Lipinski definition) is 5. The summed E-state index contributed by atoms with van der Waals surface area (Å²) in [6, 6.07) is 5.55. The predicted molar refractivity (Wildman–Crippen MR) is 70.5 cm³/mol. The van der Waals surface area contributed by atoms with Gasteiger partial charge in [-0.1, -0.05) is 6.07 Å². The van der Waals surface area contributed by atoms with Crippen LogP contribution in [0.15, 0.2) is 24.3 Å². The molecule has 0 unspecified atom stereocenters. The second-order valence-electron chi connectivity index (χ2n) is 4.70. The molecule has 5 N–H and O–H groups in total. The summed E-state index contributed by atoms with van der Waals surface area (Å²) in [6.07, 6.45) is -6.29. The number of benzene rings is 1. The zero-order chi connectivity index (χ0) is 15.6. The molecule has 116 valence electrons. The third-order valence-electron chi connectivity index (χ3n) is 3.23. The van der Waals surface area contributed by atoms with Gasteiger partial charge in [0.15, 0.2) is 6.23 Å². The van der Waals surface area contributed by atoms with Crippen LogP contribution in [0.4, 0.5) is 11.4 Å². The van der Waals surface area contributed by atoms with E-state index in [0.717, 1.165) is 0 Å². The van der Waals surface area contributed by atoms with Crippen LogP contribution in [-0.2, 0) is 4.74 Å². The Morgan fingerprint density at radius 1 is 1.38 bits per heavy atom. The maximum atomic E-state index is 10.7. The van der Waals surface area contributed by atoms with Gasteiger partial charge in [0, 0.05) is 17.8 Å². The van der Waals surface area contributed by atoms with Crippen molar-refractivity contribution in [3.05, 3.63) is 34.4 Å². The van der Waals surface area contributed by atoms with Gasteiger partial charge in [-0.2, -0.15) is 0 Å². The Hall–Kier alpha value is -1.78. The number of rotatable bonds is 5. The van der Waals surface area contributed by atoms with Crippen LogP contribution >= 0.6 is 0 Å². The topological polar surface area (TPSA) is 145 Å². The first-order valence-corrected chi connectivity index (χ1v) is 6.25. The lowest BCUT2D eigenvalue weighted by Crippen LogP contribution is -2.40. The summed E-state index contributed by atoms with van der Waals surface area (Å²) in [4.78, 5) is 10.1. The van der Waals surface area contributed by atoms with Crippen molar-refractivity contribution in [1.29, 1.82) is 0 Å². The quantitative estimate of drug-likeness (QED) is 0.337. The summed E-state index contributed by atoms with van der Waals surface area (Å²) < 4.78 is 5.25. The first-order chi connectivity index (χ1) is 9.93. The molecule has 0 saturated carbocycles. The minimum Gasteiger partial charge on any atom is -0.394 e. The first-order valence-electron chi connectivity index (χ1n) is 6.25. The molecule has 1 aliphatic rings. The van der Waals surface area contributed by atoms with Crippen LogP contribution in [0.2, 0.25) is 0 Å². The molecule has 1 heterocycles. The normalized spacial score (nSPS) is 30.1. The van der Waals surface area contributed by atoms with Gasteiger partial charge in [0.25, 0.3) is 5.69 Å². The van der Waals surface area contributed by atoms with Gasteiger partial charge in [-0.05, 0) is 6.07 Å². The summed E-state index contributed by atoms with van der Waals surface area (Å²) in [5, 5.41) is 51.3. The third-order valence-corrected chi connectivity index (χ3v) is 3.23. The van der Waals surface area contributed by atoms with Crippen LogP contribution in [0.1, 0.15) is 0 Å². The van der Waals surface area contributed by atoms with Gasteiger partial charge in [-0.3, -0.25) is 10.1 Å². The minimum atomic E-state index is -1.39. The molecule has 1 fully saturated rings. The lowest BCUT2D eigenvalue weighted by atomic mass is 10.1. The fraction of sp³-hybridized carbons (Fsp3) is 0.500. The van der Waals surface area contributed by atoms with E-state index >= 15 is 0 Å². The maximum Gasteiger partial charge on any atom is 0.271 e. The second-order valence-corrected chi connectivity index (χ2v) is 4.70. The van der Waals surface area contributed by atoms with Crippen molar-refractivity contribution in [2.45, 2.75) is 30.6 Å². The lowest BCUT2D eigenvalue weighted by Gasteiger charge is -2.19. The van der Waals surface area contributed by atoms with E-state index in [4.69, 9.17) is 9.84 Å². The largest absolute Gasteiger partial charge is 0.394 e. The van der Waals surface area contributed by atoms with Gasteiger partial charge < -0.3 is 30.5 Å². The van der Waals surface area contributed by atoms with Crippen molar-refractivity contribution >= 4 is 11.4 Å². The summed E-state index contributed by atoms with van der Waals surface area (Å²) >= 11 is 0. The molecular formula is C12H16N2O7. The molecular weight excluding hydrogens is 284 g/mol. The molecule has 1 saturated heterocycles. The number of aliphatic hydroxyl groups excluding tert-OH is 4. The Kier molecular flexibility index (Phi) is 4.70. The molecule has 0 aliphatic carbocycles. The van der Waals surface area contributed by atoms with E-state index in [1.54, 1.807) is 0 Å². The number of hydrogen-bond acceptors (Lipinski definition) is 8. The summed E-state index contributed by atoms with van der Waals surface area (Å²) in [5.41, 5.74) is 0.180. The van der Waals surface area contributed by atoms with Gasteiger partial charge in [0.1, 0.15) is 24.4 Å². The molecule has 2 rings (SSSR count). The highest BCUT2D eigenvalue weighted by Gasteiger charge is 2.45.